The lowest BCUT2D eigenvalue weighted by atomic mass is 10.2. The van der Waals surface area contributed by atoms with E-state index in [0.29, 0.717) is 5.82 Å². The van der Waals surface area contributed by atoms with E-state index in [4.69, 9.17) is 5.11 Å². The van der Waals surface area contributed by atoms with Crippen molar-refractivity contribution in [3.05, 3.63) is 46.3 Å². The number of nitrogens with zero attached hydrogens (tertiary/aromatic N) is 2. The molecule has 0 unspecified atom stereocenters. The average Bonchev–Trinajstić information content (AvgIpc) is 2.88. The third-order valence-corrected chi connectivity index (χ3v) is 3.64. The molecule has 0 fully saturated rings. The summed E-state index contributed by atoms with van der Waals surface area (Å²) in [6.45, 7) is 4.89. The minimum Gasteiger partial charge on any atom is -0.477 e. The molecule has 19 heavy (non-hydrogen) atoms. The van der Waals surface area contributed by atoms with Gasteiger partial charge in [-0.15, -0.1) is 11.3 Å². The Balaban J connectivity index is 2.28. The van der Waals surface area contributed by atoms with Crippen molar-refractivity contribution in [1.82, 2.24) is 4.98 Å². The summed E-state index contributed by atoms with van der Waals surface area (Å²) in [5, 5.41) is 11.0. The Morgan fingerprint density at radius 2 is 2.16 bits per heavy atom. The van der Waals surface area contributed by atoms with Crippen LogP contribution in [0.15, 0.2) is 35.7 Å². The third-order valence-electron chi connectivity index (χ3n) is 2.78. The van der Waals surface area contributed by atoms with Crippen LogP contribution in [-0.4, -0.2) is 22.1 Å². The van der Waals surface area contributed by atoms with Crippen LogP contribution in [0.4, 0.5) is 5.82 Å². The number of carboxylic acid groups (broad SMARTS) is 1. The number of hydrogen-bond acceptors (Lipinski definition) is 4. The number of rotatable bonds is 5. The summed E-state index contributed by atoms with van der Waals surface area (Å²) in [6, 6.07) is 9.42. The molecular weight excluding hydrogens is 260 g/mol. The molecular formula is C14H16N2O2S. The molecule has 1 N–H and O–H groups in total. The zero-order valence-electron chi connectivity index (χ0n) is 10.9. The number of hydrogen-bond donors (Lipinski definition) is 1. The molecule has 0 radical (unpaired) electrons. The van der Waals surface area contributed by atoms with Crippen molar-refractivity contribution in [2.24, 2.45) is 0 Å². The van der Waals surface area contributed by atoms with Gasteiger partial charge in [-0.2, -0.15) is 0 Å². The standard InChI is InChI=1S/C14H16N2O2S/c1-10(2)16(9-11-5-4-8-19-11)13-7-3-6-12(15-13)14(17)18/h3-8,10H,9H2,1-2H3,(H,17,18). The molecule has 0 atom stereocenters. The highest BCUT2D eigenvalue weighted by Gasteiger charge is 2.15. The van der Waals surface area contributed by atoms with Gasteiger partial charge in [0.1, 0.15) is 5.82 Å². The lowest BCUT2D eigenvalue weighted by Gasteiger charge is -2.27. The van der Waals surface area contributed by atoms with Gasteiger partial charge in [-0.3, -0.25) is 0 Å². The second kappa shape index (κ2) is 5.84. The Labute approximate surface area is 116 Å². The number of aromatic nitrogens is 1. The zero-order valence-corrected chi connectivity index (χ0v) is 11.7. The van der Waals surface area contributed by atoms with Crippen molar-refractivity contribution in [2.45, 2.75) is 26.4 Å². The highest BCUT2D eigenvalue weighted by molar-refractivity contribution is 7.09. The zero-order chi connectivity index (χ0) is 13.8. The van der Waals surface area contributed by atoms with Gasteiger partial charge in [0.15, 0.2) is 5.69 Å². The lowest BCUT2D eigenvalue weighted by Crippen LogP contribution is -2.30. The van der Waals surface area contributed by atoms with Gasteiger partial charge in [0.05, 0.1) is 6.54 Å². The van der Waals surface area contributed by atoms with E-state index in [2.05, 4.69) is 29.8 Å². The van der Waals surface area contributed by atoms with Gasteiger partial charge in [0, 0.05) is 10.9 Å². The molecule has 0 bridgehead atoms. The van der Waals surface area contributed by atoms with Crippen LogP contribution in [0.1, 0.15) is 29.2 Å². The van der Waals surface area contributed by atoms with Crippen molar-refractivity contribution in [1.29, 1.82) is 0 Å². The first-order valence-electron chi connectivity index (χ1n) is 6.07. The molecule has 0 amide bonds. The summed E-state index contributed by atoms with van der Waals surface area (Å²) in [6.07, 6.45) is 0. The van der Waals surface area contributed by atoms with Crippen LogP contribution < -0.4 is 4.90 Å². The van der Waals surface area contributed by atoms with Crippen LogP contribution in [0.5, 0.6) is 0 Å². The van der Waals surface area contributed by atoms with E-state index in [1.54, 1.807) is 17.4 Å². The van der Waals surface area contributed by atoms with Gasteiger partial charge in [-0.1, -0.05) is 12.1 Å². The molecule has 5 heteroatoms. The fourth-order valence-electron chi connectivity index (χ4n) is 1.80. The maximum atomic E-state index is 11.0. The summed E-state index contributed by atoms with van der Waals surface area (Å²) in [7, 11) is 0. The molecule has 0 aliphatic carbocycles. The molecule has 2 heterocycles. The molecule has 4 nitrogen and oxygen atoms in total. The van der Waals surface area contributed by atoms with E-state index in [-0.39, 0.29) is 11.7 Å². The van der Waals surface area contributed by atoms with Gasteiger partial charge in [-0.05, 0) is 37.4 Å². The Morgan fingerprint density at radius 3 is 2.74 bits per heavy atom. The molecule has 0 aromatic carbocycles. The molecule has 0 spiro atoms. The normalized spacial score (nSPS) is 10.7. The summed E-state index contributed by atoms with van der Waals surface area (Å²) in [5.74, 6) is -0.301. The first-order chi connectivity index (χ1) is 9.08. The predicted molar refractivity (Wildman–Crippen MR) is 76.8 cm³/mol. The summed E-state index contributed by atoms with van der Waals surface area (Å²) < 4.78 is 0. The molecule has 100 valence electrons. The van der Waals surface area contributed by atoms with Crippen molar-refractivity contribution < 1.29 is 9.90 Å². The quantitative estimate of drug-likeness (QED) is 0.910. The first kappa shape index (κ1) is 13.5. The lowest BCUT2D eigenvalue weighted by molar-refractivity contribution is 0.0690. The van der Waals surface area contributed by atoms with E-state index in [0.717, 1.165) is 6.54 Å². The van der Waals surface area contributed by atoms with Crippen molar-refractivity contribution >= 4 is 23.1 Å². The minimum atomic E-state index is -0.998. The molecule has 2 aromatic heterocycles. The number of pyridine rings is 1. The van der Waals surface area contributed by atoms with Crippen LogP contribution in [0.3, 0.4) is 0 Å². The Morgan fingerprint density at radius 1 is 1.37 bits per heavy atom. The number of aromatic carboxylic acids is 1. The number of thiophene rings is 1. The van der Waals surface area contributed by atoms with Crippen LogP contribution in [0.2, 0.25) is 0 Å². The van der Waals surface area contributed by atoms with Crippen LogP contribution in [0, 0.1) is 0 Å². The smallest absolute Gasteiger partial charge is 0.354 e. The van der Waals surface area contributed by atoms with Crippen LogP contribution in [0.25, 0.3) is 0 Å². The summed E-state index contributed by atoms with van der Waals surface area (Å²) in [5.41, 5.74) is 0.0781. The third kappa shape index (κ3) is 3.32. The monoisotopic (exact) mass is 276 g/mol. The SMILES string of the molecule is CC(C)N(Cc1cccs1)c1cccc(C(=O)O)n1. The maximum Gasteiger partial charge on any atom is 0.354 e. The fraction of sp³-hybridized carbons (Fsp3) is 0.286. The van der Waals surface area contributed by atoms with Gasteiger partial charge in [0.2, 0.25) is 0 Å². The van der Waals surface area contributed by atoms with Gasteiger partial charge in [-0.25, -0.2) is 9.78 Å². The van der Waals surface area contributed by atoms with Crippen molar-refractivity contribution in [3.63, 3.8) is 0 Å². The summed E-state index contributed by atoms with van der Waals surface area (Å²) >= 11 is 1.69. The second-order valence-corrected chi connectivity index (χ2v) is 5.52. The Kier molecular flexibility index (Phi) is 4.16. The number of anilines is 1. The molecule has 2 rings (SSSR count). The van der Waals surface area contributed by atoms with Crippen molar-refractivity contribution in [3.8, 4) is 0 Å². The number of carbonyl (C=O) groups is 1. The van der Waals surface area contributed by atoms with Crippen LogP contribution >= 0.6 is 11.3 Å². The molecule has 2 aromatic rings. The van der Waals surface area contributed by atoms with E-state index >= 15 is 0 Å². The van der Waals surface area contributed by atoms with E-state index < -0.39 is 5.97 Å². The highest BCUT2D eigenvalue weighted by Crippen LogP contribution is 2.20. The first-order valence-corrected chi connectivity index (χ1v) is 6.95. The van der Waals surface area contributed by atoms with E-state index in [9.17, 15) is 4.79 Å². The fourth-order valence-corrected chi connectivity index (χ4v) is 2.50. The van der Waals surface area contributed by atoms with Gasteiger partial charge in [0.25, 0.3) is 0 Å². The average molecular weight is 276 g/mol. The molecule has 0 aliphatic heterocycles. The maximum absolute atomic E-state index is 11.0. The highest BCUT2D eigenvalue weighted by atomic mass is 32.1. The predicted octanol–water partition coefficient (Wildman–Crippen LogP) is 3.26. The van der Waals surface area contributed by atoms with Crippen LogP contribution in [-0.2, 0) is 6.54 Å². The van der Waals surface area contributed by atoms with E-state index in [1.807, 2.05) is 17.5 Å². The Hall–Kier alpha value is -1.88. The minimum absolute atomic E-state index is 0.0781. The molecule has 0 saturated carbocycles. The van der Waals surface area contributed by atoms with Gasteiger partial charge < -0.3 is 10.0 Å². The Bertz CT molecular complexity index is 552. The topological polar surface area (TPSA) is 53.4 Å². The van der Waals surface area contributed by atoms with Crippen molar-refractivity contribution in [2.75, 3.05) is 4.90 Å². The molecule has 0 aliphatic rings. The second-order valence-electron chi connectivity index (χ2n) is 4.49. The largest absolute Gasteiger partial charge is 0.477 e. The van der Waals surface area contributed by atoms with E-state index in [1.165, 1.54) is 10.9 Å². The number of carboxylic acids is 1. The summed E-state index contributed by atoms with van der Waals surface area (Å²) in [4.78, 5) is 18.5. The van der Waals surface area contributed by atoms with Gasteiger partial charge >= 0.3 is 5.97 Å². The molecule has 0 saturated heterocycles.